The number of carbonyl (C=O) groups excluding carboxylic acids is 2. The summed E-state index contributed by atoms with van der Waals surface area (Å²) in [5.74, 6) is 5.93. The van der Waals surface area contributed by atoms with Crippen LogP contribution in [0.2, 0.25) is 0 Å². The third kappa shape index (κ3) is 11.8. The van der Waals surface area contributed by atoms with Crippen molar-refractivity contribution in [2.45, 2.75) is 53.3 Å². The summed E-state index contributed by atoms with van der Waals surface area (Å²) < 4.78 is 42.1. The van der Waals surface area contributed by atoms with E-state index >= 15 is 0 Å². The molecule has 48 heavy (non-hydrogen) atoms. The Labute approximate surface area is 280 Å². The minimum Gasteiger partial charge on any atom is -0.340 e. The zero-order valence-electron chi connectivity index (χ0n) is 28.1. The van der Waals surface area contributed by atoms with E-state index < -0.39 is 17.6 Å². The summed E-state index contributed by atoms with van der Waals surface area (Å²) in [4.78, 5) is 40.0. The molecular formula is C35H45F3N8O2. The Hall–Kier alpha value is -4.80. The number of rotatable bonds is 7. The SMILES string of the molecule is CC.CC.CN.N=C/C=C\c1ncc(C#Cc2cncc(C(=O)Nc3ccc(CN4CCN(C(=O)C5CC5)CC4)c(C(F)(F)F)c3)c2)[nH]1. The predicted octanol–water partition coefficient (Wildman–Crippen LogP) is 5.82. The predicted molar refractivity (Wildman–Crippen MR) is 183 cm³/mol. The Balaban J connectivity index is 0.00000126. The molecule has 0 bridgehead atoms. The maximum atomic E-state index is 14.0. The first-order valence-corrected chi connectivity index (χ1v) is 16.0. The second-order valence-corrected chi connectivity index (χ2v) is 10.1. The molecule has 3 heterocycles. The lowest BCUT2D eigenvalue weighted by Gasteiger charge is -2.35. The molecule has 5 N–H and O–H groups in total. The number of piperazine rings is 1. The number of nitrogens with one attached hydrogen (secondary N) is 3. The summed E-state index contributed by atoms with van der Waals surface area (Å²) in [5.41, 5.74) is 4.88. The normalized spacial score (nSPS) is 14.1. The molecule has 2 aromatic heterocycles. The molecule has 10 nitrogen and oxygen atoms in total. The van der Waals surface area contributed by atoms with Crippen molar-refractivity contribution >= 4 is 29.8 Å². The van der Waals surface area contributed by atoms with Gasteiger partial charge in [-0.05, 0) is 61.7 Å². The molecule has 1 saturated heterocycles. The fraction of sp³-hybridized carbons (Fsp3) is 0.400. The number of hydrogen-bond acceptors (Lipinski definition) is 7. The van der Waals surface area contributed by atoms with Gasteiger partial charge in [0.15, 0.2) is 0 Å². The number of halogens is 3. The van der Waals surface area contributed by atoms with Crippen molar-refractivity contribution in [3.05, 3.63) is 82.7 Å². The molecule has 13 heteroatoms. The van der Waals surface area contributed by atoms with Gasteiger partial charge in [-0.15, -0.1) is 0 Å². The maximum absolute atomic E-state index is 14.0. The number of aromatic nitrogens is 3. The zero-order valence-corrected chi connectivity index (χ0v) is 28.1. The number of amides is 2. The molecule has 0 unspecified atom stereocenters. The van der Waals surface area contributed by atoms with Gasteiger partial charge < -0.3 is 26.3 Å². The van der Waals surface area contributed by atoms with Crippen molar-refractivity contribution in [3.8, 4) is 11.8 Å². The van der Waals surface area contributed by atoms with Crippen LogP contribution in [0.15, 0.2) is 48.9 Å². The molecule has 1 aliphatic heterocycles. The number of pyridine rings is 1. The zero-order chi connectivity index (χ0) is 35.7. The fourth-order valence-corrected chi connectivity index (χ4v) is 4.61. The number of alkyl halides is 3. The van der Waals surface area contributed by atoms with E-state index in [0.717, 1.165) is 25.1 Å². The average molecular weight is 667 g/mol. The Bertz CT molecular complexity index is 1580. The molecule has 1 aromatic carbocycles. The molecule has 0 spiro atoms. The van der Waals surface area contributed by atoms with E-state index in [1.165, 1.54) is 49.9 Å². The molecule has 258 valence electrons. The smallest absolute Gasteiger partial charge is 0.340 e. The second kappa shape index (κ2) is 19.8. The Morgan fingerprint density at radius 3 is 2.35 bits per heavy atom. The van der Waals surface area contributed by atoms with Crippen LogP contribution in [0.25, 0.3) is 6.08 Å². The number of carbonyl (C=O) groups is 2. The van der Waals surface area contributed by atoms with Gasteiger partial charge in [0.25, 0.3) is 5.91 Å². The lowest BCUT2D eigenvalue weighted by atomic mass is 10.0. The van der Waals surface area contributed by atoms with Crippen molar-refractivity contribution in [3.63, 3.8) is 0 Å². The molecule has 1 saturated carbocycles. The van der Waals surface area contributed by atoms with Crippen LogP contribution in [-0.4, -0.2) is 76.0 Å². The number of hydrogen-bond donors (Lipinski definition) is 4. The third-order valence-corrected chi connectivity index (χ3v) is 6.97. The number of nitrogens with two attached hydrogens (primary N) is 1. The number of imidazole rings is 1. The second-order valence-electron chi connectivity index (χ2n) is 10.1. The molecule has 0 radical (unpaired) electrons. The van der Waals surface area contributed by atoms with Gasteiger partial charge in [0.2, 0.25) is 5.91 Å². The number of anilines is 1. The van der Waals surface area contributed by atoms with Gasteiger partial charge in [0.05, 0.1) is 17.3 Å². The summed E-state index contributed by atoms with van der Waals surface area (Å²) in [6, 6.07) is 5.28. The van der Waals surface area contributed by atoms with E-state index in [-0.39, 0.29) is 35.2 Å². The molecule has 2 aliphatic rings. The van der Waals surface area contributed by atoms with Crippen LogP contribution in [0.3, 0.4) is 0 Å². The van der Waals surface area contributed by atoms with E-state index in [1.807, 2.05) is 32.6 Å². The molecule has 5 rings (SSSR count). The van der Waals surface area contributed by atoms with E-state index in [4.69, 9.17) is 5.41 Å². The van der Waals surface area contributed by atoms with Gasteiger partial charge in [-0.25, -0.2) is 4.98 Å². The molecule has 2 fully saturated rings. The molecule has 2 amide bonds. The first kappa shape index (κ1) is 39.4. The van der Waals surface area contributed by atoms with Crippen LogP contribution in [0.1, 0.15) is 79.1 Å². The van der Waals surface area contributed by atoms with E-state index in [1.54, 1.807) is 11.0 Å². The highest BCUT2D eigenvalue weighted by atomic mass is 19.4. The maximum Gasteiger partial charge on any atom is 0.416 e. The largest absolute Gasteiger partial charge is 0.416 e. The number of allylic oxidation sites excluding steroid dienone is 1. The number of nitrogens with zero attached hydrogens (tertiary/aromatic N) is 4. The first-order chi connectivity index (χ1) is 23.2. The van der Waals surface area contributed by atoms with Crippen LogP contribution in [0.5, 0.6) is 0 Å². The lowest BCUT2D eigenvalue weighted by Crippen LogP contribution is -2.48. The Morgan fingerprint density at radius 1 is 1.04 bits per heavy atom. The quantitative estimate of drug-likeness (QED) is 0.185. The number of benzene rings is 1. The molecule has 1 aliphatic carbocycles. The van der Waals surface area contributed by atoms with Gasteiger partial charge in [-0.3, -0.25) is 19.5 Å². The summed E-state index contributed by atoms with van der Waals surface area (Å²) >= 11 is 0. The molecule has 3 aromatic rings. The monoisotopic (exact) mass is 666 g/mol. The highest BCUT2D eigenvalue weighted by Gasteiger charge is 2.36. The summed E-state index contributed by atoms with van der Waals surface area (Å²) in [6.45, 7) is 10.1. The fourth-order valence-electron chi connectivity index (χ4n) is 4.61. The van der Waals surface area contributed by atoms with Crippen molar-refractivity contribution < 1.29 is 22.8 Å². The van der Waals surface area contributed by atoms with Gasteiger partial charge in [-0.1, -0.05) is 39.7 Å². The van der Waals surface area contributed by atoms with Crippen LogP contribution in [0.4, 0.5) is 18.9 Å². The van der Waals surface area contributed by atoms with Gasteiger partial charge in [0, 0.05) is 68.5 Å². The molecular weight excluding hydrogens is 621 g/mol. The van der Waals surface area contributed by atoms with Crippen molar-refractivity contribution in [2.24, 2.45) is 11.7 Å². The number of aromatic amines is 1. The first-order valence-electron chi connectivity index (χ1n) is 16.0. The van der Waals surface area contributed by atoms with Crippen molar-refractivity contribution in [1.82, 2.24) is 24.8 Å². The van der Waals surface area contributed by atoms with Crippen LogP contribution in [0, 0.1) is 23.2 Å². The van der Waals surface area contributed by atoms with Gasteiger partial charge >= 0.3 is 6.18 Å². The van der Waals surface area contributed by atoms with Crippen molar-refractivity contribution in [2.75, 3.05) is 38.5 Å². The number of H-pyrrole nitrogens is 1. The van der Waals surface area contributed by atoms with E-state index in [9.17, 15) is 22.8 Å². The van der Waals surface area contributed by atoms with Crippen molar-refractivity contribution in [1.29, 1.82) is 5.41 Å². The summed E-state index contributed by atoms with van der Waals surface area (Å²) in [6.07, 6.45) is 5.78. The van der Waals surface area contributed by atoms with Gasteiger partial charge in [0.1, 0.15) is 11.5 Å². The minimum atomic E-state index is -4.61. The van der Waals surface area contributed by atoms with E-state index in [0.29, 0.717) is 43.3 Å². The van der Waals surface area contributed by atoms with Crippen LogP contribution >= 0.6 is 0 Å². The highest BCUT2D eigenvalue weighted by molar-refractivity contribution is 6.04. The third-order valence-electron chi connectivity index (χ3n) is 6.97. The summed E-state index contributed by atoms with van der Waals surface area (Å²) in [7, 11) is 1.50. The van der Waals surface area contributed by atoms with Gasteiger partial charge in [-0.2, -0.15) is 13.2 Å². The molecule has 0 atom stereocenters. The van der Waals surface area contributed by atoms with Crippen LogP contribution < -0.4 is 11.1 Å². The van der Waals surface area contributed by atoms with Crippen LogP contribution in [-0.2, 0) is 17.5 Å². The topological polar surface area (TPSA) is 144 Å². The lowest BCUT2D eigenvalue weighted by molar-refractivity contribution is -0.138. The highest BCUT2D eigenvalue weighted by Crippen LogP contribution is 2.35. The standard InChI is InChI=1S/C30H28F3N7O2.2C2H6.CH5N/c31-30(32,33)26-15-24(8-6-22(26)19-39-10-12-40(13-11-39)29(42)21-4-5-21)38-28(41)23-14-20(16-35-17-23)3-7-25-18-36-27(37-25)2-1-9-34;3*1-2/h1-2,6,8-9,14-18,21,34H,4-5,10-13,19H2,(H,36,37)(H,38,41);2*1-2H3;2H2,1H3/b2-1-,34-9?;;;. The Morgan fingerprint density at radius 2 is 1.73 bits per heavy atom. The van der Waals surface area contributed by atoms with E-state index in [2.05, 4.69) is 37.8 Å². The average Bonchev–Trinajstić information content (AvgIpc) is 3.87. The summed E-state index contributed by atoms with van der Waals surface area (Å²) in [5, 5.41) is 9.55. The Kier molecular flexibility index (Phi) is 16.2. The minimum absolute atomic E-state index is 0.00961.